The van der Waals surface area contributed by atoms with E-state index in [-0.39, 0.29) is 0 Å². The molecule has 0 radical (unpaired) electrons. The van der Waals surface area contributed by atoms with E-state index < -0.39 is 0 Å². The second kappa shape index (κ2) is 4.23. The molecule has 1 saturated heterocycles. The summed E-state index contributed by atoms with van der Waals surface area (Å²) in [5.74, 6) is 0.403. The molecule has 0 atom stereocenters. The van der Waals surface area contributed by atoms with Crippen LogP contribution in [0.4, 0.5) is 0 Å². The second-order valence-corrected chi connectivity index (χ2v) is 4.91. The third kappa shape index (κ3) is 3.47. The van der Waals surface area contributed by atoms with E-state index in [4.69, 9.17) is 0 Å². The Kier molecular flexibility index (Phi) is 3.48. The number of hydrogen-bond acceptors (Lipinski definition) is 2. The van der Waals surface area contributed by atoms with Crippen molar-refractivity contribution in [2.45, 2.75) is 40.0 Å². The fraction of sp³-hybridized carbons (Fsp3) is 0.909. The molecule has 0 bridgehead atoms. The summed E-state index contributed by atoms with van der Waals surface area (Å²) in [5, 5.41) is 0. The van der Waals surface area contributed by atoms with Crippen LogP contribution in [-0.4, -0.2) is 30.3 Å². The van der Waals surface area contributed by atoms with E-state index in [1.807, 2.05) is 0 Å². The lowest BCUT2D eigenvalue weighted by molar-refractivity contribution is -0.120. The maximum Gasteiger partial charge on any atom is 0.146 e. The maximum atomic E-state index is 11.4. The largest absolute Gasteiger partial charge is 0.298 e. The molecule has 0 unspecified atom stereocenters. The van der Waals surface area contributed by atoms with Gasteiger partial charge in [0.2, 0.25) is 0 Å². The fourth-order valence-corrected chi connectivity index (χ4v) is 1.97. The Morgan fingerprint density at radius 1 is 1.46 bits per heavy atom. The zero-order valence-corrected chi connectivity index (χ0v) is 9.10. The summed E-state index contributed by atoms with van der Waals surface area (Å²) in [7, 11) is 0. The normalized spacial score (nSPS) is 22.1. The van der Waals surface area contributed by atoms with Crippen LogP contribution in [0.5, 0.6) is 0 Å². The van der Waals surface area contributed by atoms with Gasteiger partial charge in [0.15, 0.2) is 0 Å². The first-order valence-electron chi connectivity index (χ1n) is 5.27. The van der Waals surface area contributed by atoms with Gasteiger partial charge in [-0.05, 0) is 24.8 Å². The van der Waals surface area contributed by atoms with E-state index in [1.165, 1.54) is 6.42 Å². The first-order chi connectivity index (χ1) is 6.03. The first-order valence-corrected chi connectivity index (χ1v) is 5.27. The monoisotopic (exact) mass is 183 g/mol. The highest BCUT2D eigenvalue weighted by Gasteiger charge is 2.29. The van der Waals surface area contributed by atoms with Crippen molar-refractivity contribution >= 4 is 5.78 Å². The van der Waals surface area contributed by atoms with Crippen LogP contribution in [-0.2, 0) is 4.79 Å². The van der Waals surface area contributed by atoms with Crippen molar-refractivity contribution in [2.75, 3.05) is 19.6 Å². The standard InChI is InChI=1S/C11H21NO/c1-4-5-10(13)8-12-7-6-11(2,3)9-12/h4-9H2,1-3H3. The molecule has 0 aromatic rings. The van der Waals surface area contributed by atoms with Gasteiger partial charge in [0.1, 0.15) is 5.78 Å². The Labute approximate surface area is 81.3 Å². The summed E-state index contributed by atoms with van der Waals surface area (Å²) in [6.07, 6.45) is 2.96. The van der Waals surface area contributed by atoms with Crippen LogP contribution in [0.25, 0.3) is 0 Å². The molecule has 2 heteroatoms. The predicted octanol–water partition coefficient (Wildman–Crippen LogP) is 2.09. The molecule has 0 amide bonds. The number of Topliss-reactive ketones (excluding diaryl/α,β-unsaturated/α-hetero) is 1. The van der Waals surface area contributed by atoms with Gasteiger partial charge in [-0.2, -0.15) is 0 Å². The summed E-state index contributed by atoms with van der Waals surface area (Å²) in [6.45, 7) is 9.47. The highest BCUT2D eigenvalue weighted by molar-refractivity contribution is 5.80. The number of nitrogens with zero attached hydrogens (tertiary/aromatic N) is 1. The molecule has 1 fully saturated rings. The van der Waals surface area contributed by atoms with E-state index in [1.54, 1.807) is 0 Å². The minimum Gasteiger partial charge on any atom is -0.298 e. The summed E-state index contributed by atoms with van der Waals surface area (Å²) in [6, 6.07) is 0. The van der Waals surface area contributed by atoms with Crippen molar-refractivity contribution in [3.05, 3.63) is 0 Å². The lowest BCUT2D eigenvalue weighted by Crippen LogP contribution is -2.29. The Balaban J connectivity index is 2.28. The van der Waals surface area contributed by atoms with Crippen molar-refractivity contribution in [2.24, 2.45) is 5.41 Å². The molecule has 0 N–H and O–H groups in total. The Morgan fingerprint density at radius 2 is 2.15 bits per heavy atom. The highest BCUT2D eigenvalue weighted by atomic mass is 16.1. The molecule has 0 aliphatic carbocycles. The van der Waals surface area contributed by atoms with Crippen molar-refractivity contribution in [3.63, 3.8) is 0 Å². The Morgan fingerprint density at radius 3 is 2.62 bits per heavy atom. The van der Waals surface area contributed by atoms with Crippen molar-refractivity contribution in [1.82, 2.24) is 4.90 Å². The number of rotatable bonds is 4. The average molecular weight is 183 g/mol. The third-order valence-corrected chi connectivity index (χ3v) is 2.69. The molecule has 0 aromatic carbocycles. The van der Waals surface area contributed by atoms with Crippen LogP contribution < -0.4 is 0 Å². The lowest BCUT2D eigenvalue weighted by Gasteiger charge is -2.18. The molecule has 1 heterocycles. The van der Waals surface area contributed by atoms with Gasteiger partial charge in [-0.15, -0.1) is 0 Å². The Hall–Kier alpha value is -0.370. The van der Waals surface area contributed by atoms with E-state index in [9.17, 15) is 4.79 Å². The summed E-state index contributed by atoms with van der Waals surface area (Å²) in [5.41, 5.74) is 0.423. The van der Waals surface area contributed by atoms with Crippen LogP contribution in [0.2, 0.25) is 0 Å². The van der Waals surface area contributed by atoms with Crippen molar-refractivity contribution in [1.29, 1.82) is 0 Å². The molecule has 76 valence electrons. The van der Waals surface area contributed by atoms with Crippen LogP contribution in [0.1, 0.15) is 40.0 Å². The van der Waals surface area contributed by atoms with Gasteiger partial charge in [-0.1, -0.05) is 20.8 Å². The number of likely N-dealkylation sites (tertiary alicyclic amines) is 1. The zero-order valence-electron chi connectivity index (χ0n) is 9.10. The third-order valence-electron chi connectivity index (χ3n) is 2.69. The van der Waals surface area contributed by atoms with Crippen LogP contribution in [0, 0.1) is 5.41 Å². The smallest absolute Gasteiger partial charge is 0.146 e. The summed E-state index contributed by atoms with van der Waals surface area (Å²) < 4.78 is 0. The van der Waals surface area contributed by atoms with Crippen LogP contribution in [0.15, 0.2) is 0 Å². The minimum atomic E-state index is 0.403. The number of ketones is 1. The zero-order chi connectivity index (χ0) is 9.90. The predicted molar refractivity (Wildman–Crippen MR) is 54.8 cm³/mol. The summed E-state index contributed by atoms with van der Waals surface area (Å²) in [4.78, 5) is 13.7. The fourth-order valence-electron chi connectivity index (χ4n) is 1.97. The van der Waals surface area contributed by atoms with Gasteiger partial charge in [0.05, 0.1) is 6.54 Å². The molecule has 13 heavy (non-hydrogen) atoms. The quantitative estimate of drug-likeness (QED) is 0.665. The van der Waals surface area contributed by atoms with Gasteiger partial charge in [-0.3, -0.25) is 9.69 Å². The maximum absolute atomic E-state index is 11.4. The second-order valence-electron chi connectivity index (χ2n) is 4.91. The van der Waals surface area contributed by atoms with Crippen molar-refractivity contribution < 1.29 is 4.79 Å². The first kappa shape index (κ1) is 10.7. The van der Waals surface area contributed by atoms with E-state index in [0.717, 1.165) is 25.9 Å². The topological polar surface area (TPSA) is 20.3 Å². The summed E-state index contributed by atoms with van der Waals surface area (Å²) >= 11 is 0. The number of carbonyl (C=O) groups excluding carboxylic acids is 1. The van der Waals surface area contributed by atoms with Crippen LogP contribution in [0.3, 0.4) is 0 Å². The molecule has 1 rings (SSSR count). The molecular formula is C11H21NO. The minimum absolute atomic E-state index is 0.403. The Bertz CT molecular complexity index is 187. The molecule has 0 saturated carbocycles. The lowest BCUT2D eigenvalue weighted by atomic mass is 9.93. The van der Waals surface area contributed by atoms with E-state index in [2.05, 4.69) is 25.7 Å². The van der Waals surface area contributed by atoms with Gasteiger partial charge in [0.25, 0.3) is 0 Å². The molecular weight excluding hydrogens is 162 g/mol. The number of carbonyl (C=O) groups is 1. The molecule has 2 nitrogen and oxygen atoms in total. The van der Waals surface area contributed by atoms with Crippen molar-refractivity contribution in [3.8, 4) is 0 Å². The average Bonchev–Trinajstić information content (AvgIpc) is 2.30. The van der Waals surface area contributed by atoms with Crippen LogP contribution >= 0.6 is 0 Å². The number of hydrogen-bond donors (Lipinski definition) is 0. The van der Waals surface area contributed by atoms with E-state index >= 15 is 0 Å². The van der Waals surface area contributed by atoms with Gasteiger partial charge < -0.3 is 0 Å². The van der Waals surface area contributed by atoms with Gasteiger partial charge in [-0.25, -0.2) is 0 Å². The van der Waals surface area contributed by atoms with Gasteiger partial charge >= 0.3 is 0 Å². The highest BCUT2D eigenvalue weighted by Crippen LogP contribution is 2.28. The molecule has 1 aliphatic rings. The van der Waals surface area contributed by atoms with Gasteiger partial charge in [0, 0.05) is 13.0 Å². The van der Waals surface area contributed by atoms with E-state index in [0.29, 0.717) is 17.7 Å². The molecule has 0 aromatic heterocycles. The molecule has 1 aliphatic heterocycles. The molecule has 0 spiro atoms. The SMILES string of the molecule is CCCC(=O)CN1CCC(C)(C)C1.